The topological polar surface area (TPSA) is 68.2 Å². The van der Waals surface area contributed by atoms with Gasteiger partial charge in [-0.3, -0.25) is 14.1 Å². The summed E-state index contributed by atoms with van der Waals surface area (Å²) in [7, 11) is -3.71. The van der Waals surface area contributed by atoms with Gasteiger partial charge in [-0.2, -0.15) is 0 Å². The Kier molecular flexibility index (Phi) is 4.23. The maximum atomic E-state index is 12.7. The number of sulfonamides is 1. The number of anilines is 1. The molecule has 126 valence electrons. The Labute approximate surface area is 144 Å². The van der Waals surface area contributed by atoms with Gasteiger partial charge in [-0.1, -0.05) is 29.0 Å². The molecule has 3 rings (SSSR count). The summed E-state index contributed by atoms with van der Waals surface area (Å²) < 4.78 is 30.2. The molecule has 0 aliphatic heterocycles. The molecule has 0 unspecified atom stereocenters. The van der Waals surface area contributed by atoms with E-state index in [1.54, 1.807) is 22.8 Å². The largest absolute Gasteiger partial charge is 0.308 e. The third kappa shape index (κ3) is 2.97. The van der Waals surface area contributed by atoms with Crippen LogP contribution >= 0.6 is 11.3 Å². The van der Waals surface area contributed by atoms with E-state index < -0.39 is 10.0 Å². The number of hydrogen-bond acceptors (Lipinski definition) is 4. The van der Waals surface area contributed by atoms with Gasteiger partial charge in [-0.15, -0.1) is 0 Å². The third-order valence-corrected chi connectivity index (χ3v) is 6.20. The molecule has 1 N–H and O–H groups in total. The minimum Gasteiger partial charge on any atom is -0.299 e. The van der Waals surface area contributed by atoms with E-state index >= 15 is 0 Å². The van der Waals surface area contributed by atoms with Gasteiger partial charge in [-0.05, 0) is 50.6 Å². The molecule has 1 heterocycles. The van der Waals surface area contributed by atoms with E-state index in [9.17, 15) is 13.2 Å². The highest BCUT2D eigenvalue weighted by atomic mass is 32.2. The maximum absolute atomic E-state index is 12.7. The Morgan fingerprint density at radius 3 is 2.54 bits per heavy atom. The zero-order valence-electron chi connectivity index (χ0n) is 13.7. The fourth-order valence-electron chi connectivity index (χ4n) is 2.65. The van der Waals surface area contributed by atoms with Crippen LogP contribution in [0.3, 0.4) is 0 Å². The van der Waals surface area contributed by atoms with E-state index in [-0.39, 0.29) is 9.77 Å². The second kappa shape index (κ2) is 6.07. The van der Waals surface area contributed by atoms with E-state index in [0.717, 1.165) is 28.0 Å². The van der Waals surface area contributed by atoms with Gasteiger partial charge in [0.1, 0.15) is 0 Å². The van der Waals surface area contributed by atoms with E-state index in [1.165, 1.54) is 6.07 Å². The zero-order chi connectivity index (χ0) is 17.5. The van der Waals surface area contributed by atoms with Crippen molar-refractivity contribution in [3.63, 3.8) is 0 Å². The van der Waals surface area contributed by atoms with Crippen molar-refractivity contribution in [3.8, 4) is 0 Å². The normalized spacial score (nSPS) is 11.8. The monoisotopic (exact) mass is 362 g/mol. The van der Waals surface area contributed by atoms with Crippen LogP contribution in [-0.2, 0) is 16.6 Å². The van der Waals surface area contributed by atoms with Crippen LogP contribution in [0.15, 0.2) is 46.1 Å². The highest BCUT2D eigenvalue weighted by Crippen LogP contribution is 2.25. The number of hydrogen-bond donors (Lipinski definition) is 1. The van der Waals surface area contributed by atoms with Gasteiger partial charge in [0.15, 0.2) is 0 Å². The number of nitrogens with one attached hydrogen (secondary N) is 1. The van der Waals surface area contributed by atoms with Crippen LogP contribution in [0.5, 0.6) is 0 Å². The number of fused-ring (bicyclic) bond motifs is 1. The predicted octanol–water partition coefficient (Wildman–Crippen LogP) is 3.50. The Balaban J connectivity index is 2.03. The summed E-state index contributed by atoms with van der Waals surface area (Å²) in [6, 6.07) is 10.3. The number of aryl methyl sites for hydroxylation is 3. The number of thiazole rings is 1. The van der Waals surface area contributed by atoms with E-state index in [2.05, 4.69) is 4.72 Å². The maximum Gasteiger partial charge on any atom is 0.308 e. The fourth-order valence-corrected chi connectivity index (χ4v) is 4.87. The van der Waals surface area contributed by atoms with Crippen LogP contribution in [0, 0.1) is 13.8 Å². The summed E-state index contributed by atoms with van der Waals surface area (Å²) in [5.41, 5.74) is 3.25. The second-order valence-corrected chi connectivity index (χ2v) is 8.34. The zero-order valence-corrected chi connectivity index (χ0v) is 15.3. The highest BCUT2D eigenvalue weighted by molar-refractivity contribution is 7.92. The van der Waals surface area contributed by atoms with E-state index in [1.807, 2.05) is 32.9 Å². The van der Waals surface area contributed by atoms with Gasteiger partial charge in [0.2, 0.25) is 0 Å². The van der Waals surface area contributed by atoms with Crippen molar-refractivity contribution >= 4 is 37.3 Å². The molecule has 0 radical (unpaired) electrons. The van der Waals surface area contributed by atoms with Crippen LogP contribution in [0.4, 0.5) is 5.69 Å². The summed E-state index contributed by atoms with van der Waals surface area (Å²) >= 11 is 1.06. The number of nitrogens with zero attached hydrogens (tertiary/aromatic N) is 1. The van der Waals surface area contributed by atoms with Gasteiger partial charge >= 0.3 is 4.87 Å². The smallest absolute Gasteiger partial charge is 0.299 e. The molecular weight excluding hydrogens is 344 g/mol. The van der Waals surface area contributed by atoms with Crippen LogP contribution in [0.25, 0.3) is 10.2 Å². The molecular formula is C17H18N2O3S2. The Morgan fingerprint density at radius 1 is 1.12 bits per heavy atom. The molecule has 3 aromatic rings. The summed E-state index contributed by atoms with van der Waals surface area (Å²) in [6.07, 6.45) is 0. The molecule has 0 spiro atoms. The first kappa shape index (κ1) is 16.7. The fraction of sp³-hybridized carbons (Fsp3) is 0.235. The average molecular weight is 362 g/mol. The summed E-state index contributed by atoms with van der Waals surface area (Å²) in [5.74, 6) is 0. The Morgan fingerprint density at radius 2 is 1.88 bits per heavy atom. The van der Waals surface area contributed by atoms with Gasteiger partial charge in [0, 0.05) is 6.54 Å². The number of benzene rings is 2. The van der Waals surface area contributed by atoms with Crippen molar-refractivity contribution in [1.82, 2.24) is 4.57 Å². The lowest BCUT2D eigenvalue weighted by Crippen LogP contribution is -2.14. The molecule has 0 bridgehead atoms. The summed E-state index contributed by atoms with van der Waals surface area (Å²) in [5, 5.41) is 0. The first-order chi connectivity index (χ1) is 11.3. The lowest BCUT2D eigenvalue weighted by Gasteiger charge is -2.11. The molecule has 1 aromatic heterocycles. The number of aromatic nitrogens is 1. The molecule has 2 aromatic carbocycles. The molecule has 0 atom stereocenters. The van der Waals surface area contributed by atoms with Crippen LogP contribution in [0.2, 0.25) is 0 Å². The molecule has 5 nitrogen and oxygen atoms in total. The average Bonchev–Trinajstić information content (AvgIpc) is 2.84. The van der Waals surface area contributed by atoms with E-state index in [4.69, 9.17) is 0 Å². The second-order valence-electron chi connectivity index (χ2n) is 5.67. The first-order valence-corrected chi connectivity index (χ1v) is 9.85. The Hall–Kier alpha value is -2.12. The molecule has 0 aliphatic rings. The van der Waals surface area contributed by atoms with Crippen molar-refractivity contribution < 1.29 is 8.42 Å². The van der Waals surface area contributed by atoms with Crippen molar-refractivity contribution in [3.05, 3.63) is 57.2 Å². The minimum absolute atomic E-state index is 0.0793. The van der Waals surface area contributed by atoms with Gasteiger partial charge in [0.25, 0.3) is 10.0 Å². The lowest BCUT2D eigenvalue weighted by atomic mass is 10.1. The first-order valence-electron chi connectivity index (χ1n) is 7.55. The van der Waals surface area contributed by atoms with Crippen molar-refractivity contribution in [1.29, 1.82) is 0 Å². The molecule has 0 aliphatic carbocycles. The summed E-state index contributed by atoms with van der Waals surface area (Å²) in [4.78, 5) is 12.0. The van der Waals surface area contributed by atoms with E-state index in [0.29, 0.717) is 16.9 Å². The van der Waals surface area contributed by atoms with Crippen LogP contribution < -0.4 is 9.60 Å². The molecule has 24 heavy (non-hydrogen) atoms. The molecule has 0 saturated carbocycles. The lowest BCUT2D eigenvalue weighted by molar-refractivity contribution is 0.601. The standard InChI is InChI=1S/C17H18N2O3S2/c1-4-19-15-8-6-13(10-16(15)23-17(19)20)24(21,22)18-14-7-5-11(2)9-12(14)3/h5-10,18H,4H2,1-3H3. The molecule has 0 saturated heterocycles. The quantitative estimate of drug-likeness (QED) is 0.772. The van der Waals surface area contributed by atoms with Crippen LogP contribution in [-0.4, -0.2) is 13.0 Å². The highest BCUT2D eigenvalue weighted by Gasteiger charge is 2.17. The van der Waals surface area contributed by atoms with Gasteiger partial charge in [0.05, 0.1) is 20.8 Å². The van der Waals surface area contributed by atoms with Crippen molar-refractivity contribution in [2.75, 3.05) is 4.72 Å². The Bertz CT molecular complexity index is 1080. The van der Waals surface area contributed by atoms with Gasteiger partial charge < -0.3 is 0 Å². The van der Waals surface area contributed by atoms with Gasteiger partial charge in [-0.25, -0.2) is 8.42 Å². The van der Waals surface area contributed by atoms with Crippen molar-refractivity contribution in [2.24, 2.45) is 0 Å². The number of rotatable bonds is 4. The minimum atomic E-state index is -3.71. The molecule has 0 amide bonds. The van der Waals surface area contributed by atoms with Crippen LogP contribution in [0.1, 0.15) is 18.1 Å². The SMILES string of the molecule is CCn1c(=O)sc2cc(S(=O)(=O)Nc3ccc(C)cc3C)ccc21. The predicted molar refractivity (Wildman–Crippen MR) is 98.5 cm³/mol. The summed E-state index contributed by atoms with van der Waals surface area (Å²) in [6.45, 7) is 6.27. The van der Waals surface area contributed by atoms with Crippen molar-refractivity contribution in [2.45, 2.75) is 32.2 Å². The molecule has 0 fully saturated rings. The third-order valence-electron chi connectivity index (χ3n) is 3.89. The molecule has 7 heteroatoms.